The Labute approximate surface area is 169 Å². The summed E-state index contributed by atoms with van der Waals surface area (Å²) >= 11 is 3.35. The van der Waals surface area contributed by atoms with E-state index < -0.39 is 10.0 Å². The van der Waals surface area contributed by atoms with Gasteiger partial charge in [-0.05, 0) is 46.6 Å². The van der Waals surface area contributed by atoms with Crippen LogP contribution in [0.25, 0.3) is 0 Å². The van der Waals surface area contributed by atoms with Gasteiger partial charge >= 0.3 is 0 Å². The van der Waals surface area contributed by atoms with Crippen molar-refractivity contribution in [2.75, 3.05) is 27.9 Å². The van der Waals surface area contributed by atoms with E-state index in [1.807, 2.05) is 38.1 Å². The first-order valence-corrected chi connectivity index (χ1v) is 10.6. The molecule has 1 atom stereocenters. The molecule has 2 aromatic carbocycles. The van der Waals surface area contributed by atoms with Gasteiger partial charge in [-0.2, -0.15) is 4.31 Å². The third-order valence-corrected chi connectivity index (χ3v) is 7.35. The summed E-state index contributed by atoms with van der Waals surface area (Å²) in [6, 6.07) is 10.1. The van der Waals surface area contributed by atoms with E-state index in [0.717, 1.165) is 5.56 Å². The van der Waals surface area contributed by atoms with Gasteiger partial charge in [0, 0.05) is 23.1 Å². The fraction of sp³-hybridized carbons (Fsp3) is 0.368. The quantitative estimate of drug-likeness (QED) is 0.592. The van der Waals surface area contributed by atoms with E-state index in [1.54, 1.807) is 13.2 Å². The second-order valence-corrected chi connectivity index (χ2v) is 8.51. The molecule has 2 aromatic rings. The summed E-state index contributed by atoms with van der Waals surface area (Å²) in [5, 5.41) is 0. The molecule has 0 aliphatic heterocycles. The zero-order valence-electron chi connectivity index (χ0n) is 16.0. The molecule has 0 aromatic heterocycles. The molecule has 1 unspecified atom stereocenters. The van der Waals surface area contributed by atoms with E-state index in [1.165, 1.54) is 24.6 Å². The van der Waals surface area contributed by atoms with Crippen LogP contribution in [0.15, 0.2) is 45.8 Å². The average molecular weight is 458 g/mol. The van der Waals surface area contributed by atoms with Crippen molar-refractivity contribution < 1.29 is 22.6 Å². The van der Waals surface area contributed by atoms with Crippen LogP contribution in [0.2, 0.25) is 0 Å². The number of halogens is 1. The number of ether oxygens (including phenoxy) is 3. The van der Waals surface area contributed by atoms with Gasteiger partial charge in [0.15, 0.2) is 11.5 Å². The van der Waals surface area contributed by atoms with Crippen LogP contribution in [0, 0.1) is 0 Å². The second kappa shape index (κ2) is 8.95. The van der Waals surface area contributed by atoms with Crippen molar-refractivity contribution in [3.05, 3.63) is 46.4 Å². The Morgan fingerprint density at radius 3 is 2.22 bits per heavy atom. The zero-order valence-corrected chi connectivity index (χ0v) is 18.4. The highest BCUT2D eigenvalue weighted by atomic mass is 79.9. The number of rotatable bonds is 8. The Hall–Kier alpha value is -1.77. The fourth-order valence-electron chi connectivity index (χ4n) is 2.88. The number of nitrogens with zero attached hydrogens (tertiary/aromatic N) is 1. The maximum absolute atomic E-state index is 13.4. The van der Waals surface area contributed by atoms with Crippen molar-refractivity contribution in [2.45, 2.75) is 24.8 Å². The molecule has 0 bridgehead atoms. The topological polar surface area (TPSA) is 65.1 Å². The van der Waals surface area contributed by atoms with Gasteiger partial charge in [-0.1, -0.05) is 19.1 Å². The first kappa shape index (κ1) is 21.5. The SMILES string of the molecule is CCN(C(C)c1cccc(OC)c1)S(=O)(=O)c1cc(OC)c(OC)cc1Br. The molecular weight excluding hydrogens is 434 g/mol. The van der Waals surface area contributed by atoms with Crippen molar-refractivity contribution in [2.24, 2.45) is 0 Å². The first-order chi connectivity index (χ1) is 12.8. The predicted molar refractivity (Wildman–Crippen MR) is 108 cm³/mol. The summed E-state index contributed by atoms with van der Waals surface area (Å²) in [4.78, 5) is 0.122. The normalized spacial score (nSPS) is 12.7. The van der Waals surface area contributed by atoms with Crippen molar-refractivity contribution in [1.29, 1.82) is 0 Å². The lowest BCUT2D eigenvalue weighted by Crippen LogP contribution is -2.33. The van der Waals surface area contributed by atoms with Gasteiger partial charge in [0.05, 0.1) is 21.3 Å². The van der Waals surface area contributed by atoms with E-state index in [2.05, 4.69) is 15.9 Å². The summed E-state index contributed by atoms with van der Waals surface area (Å²) in [5.74, 6) is 1.48. The number of benzene rings is 2. The van der Waals surface area contributed by atoms with Crippen LogP contribution >= 0.6 is 15.9 Å². The zero-order chi connectivity index (χ0) is 20.2. The van der Waals surface area contributed by atoms with E-state index in [-0.39, 0.29) is 10.9 Å². The van der Waals surface area contributed by atoms with E-state index in [0.29, 0.717) is 28.3 Å². The Balaban J connectivity index is 2.52. The highest BCUT2D eigenvalue weighted by Gasteiger charge is 2.31. The minimum Gasteiger partial charge on any atom is -0.497 e. The summed E-state index contributed by atoms with van der Waals surface area (Å²) in [5.41, 5.74) is 0.844. The second-order valence-electron chi connectivity index (χ2n) is 5.80. The van der Waals surface area contributed by atoms with Crippen LogP contribution in [-0.4, -0.2) is 40.6 Å². The Morgan fingerprint density at radius 1 is 1.04 bits per heavy atom. The lowest BCUT2D eigenvalue weighted by atomic mass is 10.1. The smallest absolute Gasteiger partial charge is 0.244 e. The van der Waals surface area contributed by atoms with Gasteiger partial charge in [0.1, 0.15) is 10.6 Å². The van der Waals surface area contributed by atoms with Gasteiger partial charge in [-0.3, -0.25) is 0 Å². The lowest BCUT2D eigenvalue weighted by molar-refractivity contribution is 0.348. The molecule has 2 rings (SSSR count). The molecule has 0 spiro atoms. The molecule has 0 heterocycles. The third kappa shape index (κ3) is 4.39. The highest BCUT2D eigenvalue weighted by Crippen LogP contribution is 2.38. The van der Waals surface area contributed by atoms with E-state index >= 15 is 0 Å². The average Bonchev–Trinajstić information content (AvgIpc) is 2.67. The molecule has 0 amide bonds. The summed E-state index contributed by atoms with van der Waals surface area (Å²) in [6.07, 6.45) is 0. The Bertz CT molecular complexity index is 901. The highest BCUT2D eigenvalue weighted by molar-refractivity contribution is 9.10. The molecule has 27 heavy (non-hydrogen) atoms. The number of hydrogen-bond acceptors (Lipinski definition) is 5. The Morgan fingerprint density at radius 2 is 1.67 bits per heavy atom. The van der Waals surface area contributed by atoms with Crippen molar-refractivity contribution in [1.82, 2.24) is 4.31 Å². The van der Waals surface area contributed by atoms with Gasteiger partial charge < -0.3 is 14.2 Å². The van der Waals surface area contributed by atoms with Crippen molar-refractivity contribution in [3.63, 3.8) is 0 Å². The van der Waals surface area contributed by atoms with E-state index in [9.17, 15) is 8.42 Å². The van der Waals surface area contributed by atoms with Crippen LogP contribution in [0.5, 0.6) is 17.2 Å². The largest absolute Gasteiger partial charge is 0.497 e. The van der Waals surface area contributed by atoms with Gasteiger partial charge in [0.2, 0.25) is 10.0 Å². The van der Waals surface area contributed by atoms with Gasteiger partial charge in [-0.25, -0.2) is 8.42 Å². The summed E-state index contributed by atoms with van der Waals surface area (Å²) in [6.45, 7) is 3.97. The molecular formula is C19H24BrNO5S. The predicted octanol–water partition coefficient (Wildman–Crippen LogP) is 4.25. The number of hydrogen-bond donors (Lipinski definition) is 0. The molecule has 0 saturated heterocycles. The molecule has 0 N–H and O–H groups in total. The molecule has 148 valence electrons. The molecule has 0 aliphatic rings. The Kier molecular flexibility index (Phi) is 7.13. The molecule has 0 radical (unpaired) electrons. The van der Waals surface area contributed by atoms with Crippen LogP contribution in [0.4, 0.5) is 0 Å². The molecule has 6 nitrogen and oxygen atoms in total. The fourth-order valence-corrected chi connectivity index (χ4v) is 5.51. The number of methoxy groups -OCH3 is 3. The molecule has 8 heteroatoms. The molecule has 0 saturated carbocycles. The van der Waals surface area contributed by atoms with Crippen LogP contribution in [0.1, 0.15) is 25.5 Å². The minimum atomic E-state index is -3.80. The standard InChI is InChI=1S/C19H24BrNO5S/c1-6-21(13(2)14-8-7-9-15(10-14)24-3)27(22,23)19-12-18(26-5)17(25-4)11-16(19)20/h7-13H,6H2,1-5H3. The van der Waals surface area contributed by atoms with Crippen LogP contribution < -0.4 is 14.2 Å². The van der Waals surface area contributed by atoms with Crippen LogP contribution in [0.3, 0.4) is 0 Å². The summed E-state index contributed by atoms with van der Waals surface area (Å²) < 4.78 is 44.4. The first-order valence-electron chi connectivity index (χ1n) is 8.37. The monoisotopic (exact) mass is 457 g/mol. The molecule has 0 fully saturated rings. The maximum Gasteiger partial charge on any atom is 0.244 e. The number of sulfonamides is 1. The van der Waals surface area contributed by atoms with Crippen molar-refractivity contribution in [3.8, 4) is 17.2 Å². The molecule has 0 aliphatic carbocycles. The van der Waals surface area contributed by atoms with E-state index in [4.69, 9.17) is 14.2 Å². The van der Waals surface area contributed by atoms with Gasteiger partial charge in [-0.15, -0.1) is 0 Å². The van der Waals surface area contributed by atoms with Gasteiger partial charge in [0.25, 0.3) is 0 Å². The third-order valence-electron chi connectivity index (χ3n) is 4.34. The lowest BCUT2D eigenvalue weighted by Gasteiger charge is -2.28. The van der Waals surface area contributed by atoms with Crippen molar-refractivity contribution >= 4 is 26.0 Å². The minimum absolute atomic E-state index is 0.122. The summed E-state index contributed by atoms with van der Waals surface area (Å²) in [7, 11) is 0.758. The van der Waals surface area contributed by atoms with Crippen LogP contribution in [-0.2, 0) is 10.0 Å². The maximum atomic E-state index is 13.4.